The van der Waals surface area contributed by atoms with Gasteiger partial charge in [0.1, 0.15) is 24.0 Å². The highest BCUT2D eigenvalue weighted by Crippen LogP contribution is 2.35. The summed E-state index contributed by atoms with van der Waals surface area (Å²) in [5, 5.41) is 13.0. The van der Waals surface area contributed by atoms with E-state index in [-0.39, 0.29) is 5.57 Å². The largest absolute Gasteiger partial charge is 0.487 e. The fourth-order valence-electron chi connectivity index (χ4n) is 2.80. The van der Waals surface area contributed by atoms with E-state index in [9.17, 15) is 10.1 Å². The number of halogens is 3. The second-order valence-electron chi connectivity index (χ2n) is 6.71. The van der Waals surface area contributed by atoms with Crippen LogP contribution < -0.4 is 10.1 Å². The lowest BCUT2D eigenvalue weighted by atomic mass is 10.1. The van der Waals surface area contributed by atoms with Crippen LogP contribution in [-0.2, 0) is 11.4 Å². The molecular weight excluding hydrogens is 544 g/mol. The van der Waals surface area contributed by atoms with Gasteiger partial charge in [0.25, 0.3) is 5.91 Å². The molecular formula is C24H17Br2ClN2O2. The van der Waals surface area contributed by atoms with Crippen LogP contribution in [0.25, 0.3) is 6.08 Å². The van der Waals surface area contributed by atoms with Gasteiger partial charge in [-0.3, -0.25) is 4.79 Å². The summed E-state index contributed by atoms with van der Waals surface area (Å²) in [5.74, 6) is 0.0297. The molecule has 0 saturated heterocycles. The monoisotopic (exact) mass is 558 g/mol. The lowest BCUT2D eigenvalue weighted by molar-refractivity contribution is -0.112. The van der Waals surface area contributed by atoms with Crippen LogP contribution in [0, 0.1) is 18.3 Å². The smallest absolute Gasteiger partial charge is 0.266 e. The van der Waals surface area contributed by atoms with Crippen molar-refractivity contribution < 1.29 is 9.53 Å². The molecule has 0 atom stereocenters. The van der Waals surface area contributed by atoms with Gasteiger partial charge >= 0.3 is 0 Å². The first-order valence-corrected chi connectivity index (χ1v) is 11.2. The zero-order valence-electron chi connectivity index (χ0n) is 16.5. The first kappa shape index (κ1) is 23.1. The predicted molar refractivity (Wildman–Crippen MR) is 131 cm³/mol. The van der Waals surface area contributed by atoms with Crippen LogP contribution in [0.1, 0.15) is 16.7 Å². The maximum absolute atomic E-state index is 12.7. The molecule has 1 N–H and O–H groups in total. The molecule has 1 amide bonds. The Morgan fingerprint density at radius 3 is 2.58 bits per heavy atom. The highest BCUT2D eigenvalue weighted by molar-refractivity contribution is 9.11. The second kappa shape index (κ2) is 10.6. The summed E-state index contributed by atoms with van der Waals surface area (Å²) >= 11 is 12.9. The Kier molecular flexibility index (Phi) is 7.91. The molecule has 0 aliphatic rings. The highest BCUT2D eigenvalue weighted by Gasteiger charge is 2.14. The van der Waals surface area contributed by atoms with Gasteiger partial charge in [-0.05, 0) is 76.5 Å². The fourth-order valence-corrected chi connectivity index (χ4v) is 4.30. The van der Waals surface area contributed by atoms with Crippen molar-refractivity contribution in [2.45, 2.75) is 13.5 Å². The molecule has 7 heteroatoms. The van der Waals surface area contributed by atoms with E-state index in [4.69, 9.17) is 16.3 Å². The Labute approximate surface area is 202 Å². The quantitative estimate of drug-likeness (QED) is 0.254. The van der Waals surface area contributed by atoms with Gasteiger partial charge in [0, 0.05) is 20.7 Å². The molecule has 0 aromatic heterocycles. The first-order valence-electron chi connectivity index (χ1n) is 9.22. The minimum atomic E-state index is -0.493. The van der Waals surface area contributed by atoms with Crippen LogP contribution in [0.5, 0.6) is 5.75 Å². The van der Waals surface area contributed by atoms with E-state index in [0.717, 1.165) is 15.6 Å². The van der Waals surface area contributed by atoms with Gasteiger partial charge in [-0.15, -0.1) is 0 Å². The number of nitriles is 1. The molecule has 0 spiro atoms. The van der Waals surface area contributed by atoms with Crippen molar-refractivity contribution in [1.82, 2.24) is 0 Å². The number of ether oxygens (including phenoxy) is 1. The number of nitrogens with zero attached hydrogens (tertiary/aromatic N) is 1. The standard InChI is InChI=1S/C24H17Br2ClN2O2/c1-15-3-2-4-21(9-15)29-24(30)18(13-28)10-17-11-19(25)12-22(26)23(17)31-14-16-5-7-20(27)8-6-16/h2-12H,14H2,1H3,(H,29,30)/b18-10+. The molecule has 3 aromatic rings. The number of carbonyl (C=O) groups is 1. The van der Waals surface area contributed by atoms with Crippen LogP contribution in [0.3, 0.4) is 0 Å². The average Bonchev–Trinajstić information content (AvgIpc) is 2.72. The van der Waals surface area contributed by atoms with Gasteiger partial charge in [-0.1, -0.05) is 51.8 Å². The van der Waals surface area contributed by atoms with Gasteiger partial charge < -0.3 is 10.1 Å². The summed E-state index contributed by atoms with van der Waals surface area (Å²) in [5.41, 5.74) is 3.12. The van der Waals surface area contributed by atoms with Crippen LogP contribution >= 0.6 is 43.5 Å². The number of amides is 1. The van der Waals surface area contributed by atoms with E-state index in [1.54, 1.807) is 24.3 Å². The lowest BCUT2D eigenvalue weighted by Crippen LogP contribution is -2.13. The molecule has 31 heavy (non-hydrogen) atoms. The second-order valence-corrected chi connectivity index (χ2v) is 8.92. The molecule has 0 radical (unpaired) electrons. The van der Waals surface area contributed by atoms with E-state index < -0.39 is 5.91 Å². The molecule has 3 rings (SSSR count). The zero-order chi connectivity index (χ0) is 22.4. The van der Waals surface area contributed by atoms with Crippen molar-refractivity contribution >= 4 is 61.1 Å². The number of benzene rings is 3. The predicted octanol–water partition coefficient (Wildman–Crippen LogP) is 7.30. The molecule has 0 aliphatic heterocycles. The molecule has 0 heterocycles. The third-order valence-electron chi connectivity index (χ3n) is 4.27. The number of anilines is 1. The van der Waals surface area contributed by atoms with Crippen molar-refractivity contribution in [2.24, 2.45) is 0 Å². The minimum absolute atomic E-state index is 0.0390. The van der Waals surface area contributed by atoms with E-state index >= 15 is 0 Å². The zero-order valence-corrected chi connectivity index (χ0v) is 20.4. The van der Waals surface area contributed by atoms with Crippen LogP contribution in [-0.4, -0.2) is 5.91 Å². The maximum Gasteiger partial charge on any atom is 0.266 e. The Bertz CT molecular complexity index is 1190. The normalized spacial score (nSPS) is 11.0. The molecule has 4 nitrogen and oxygen atoms in total. The summed E-state index contributed by atoms with van der Waals surface area (Å²) < 4.78 is 7.48. The Morgan fingerprint density at radius 1 is 1.16 bits per heavy atom. The fraction of sp³-hybridized carbons (Fsp3) is 0.0833. The van der Waals surface area contributed by atoms with E-state index in [0.29, 0.717) is 33.1 Å². The third kappa shape index (κ3) is 6.44. The molecule has 0 aliphatic carbocycles. The summed E-state index contributed by atoms with van der Waals surface area (Å²) in [6, 6.07) is 20.3. The number of hydrogen-bond acceptors (Lipinski definition) is 3. The number of nitrogens with one attached hydrogen (secondary N) is 1. The summed E-state index contributed by atoms with van der Waals surface area (Å²) in [6.07, 6.45) is 1.51. The summed E-state index contributed by atoms with van der Waals surface area (Å²) in [7, 11) is 0. The molecule has 0 saturated carbocycles. The molecule has 0 bridgehead atoms. The van der Waals surface area contributed by atoms with Crippen LogP contribution in [0.15, 0.2) is 75.2 Å². The molecule has 0 unspecified atom stereocenters. The van der Waals surface area contributed by atoms with Crippen molar-refractivity contribution in [3.63, 3.8) is 0 Å². The SMILES string of the molecule is Cc1cccc(NC(=O)/C(C#N)=C/c2cc(Br)cc(Br)c2OCc2ccc(Cl)cc2)c1. The Hall–Kier alpha value is -2.59. The van der Waals surface area contributed by atoms with Gasteiger partial charge in [-0.2, -0.15) is 5.26 Å². The van der Waals surface area contributed by atoms with E-state index in [1.165, 1.54) is 6.08 Å². The van der Waals surface area contributed by atoms with Crippen molar-refractivity contribution in [3.8, 4) is 11.8 Å². The van der Waals surface area contributed by atoms with E-state index in [1.807, 2.05) is 49.4 Å². The average molecular weight is 561 g/mol. The summed E-state index contributed by atoms with van der Waals surface area (Å²) in [6.45, 7) is 2.23. The molecule has 3 aromatic carbocycles. The topological polar surface area (TPSA) is 62.1 Å². The summed E-state index contributed by atoms with van der Waals surface area (Å²) in [4.78, 5) is 12.7. The van der Waals surface area contributed by atoms with Gasteiger partial charge in [0.2, 0.25) is 0 Å². The molecule has 156 valence electrons. The molecule has 0 fully saturated rings. The van der Waals surface area contributed by atoms with Gasteiger partial charge in [-0.25, -0.2) is 0 Å². The maximum atomic E-state index is 12.7. The van der Waals surface area contributed by atoms with Gasteiger partial charge in [0.05, 0.1) is 4.47 Å². The Morgan fingerprint density at radius 2 is 1.90 bits per heavy atom. The van der Waals surface area contributed by atoms with Crippen molar-refractivity contribution in [1.29, 1.82) is 5.26 Å². The number of aryl methyl sites for hydroxylation is 1. The first-order chi connectivity index (χ1) is 14.9. The van der Waals surface area contributed by atoms with Crippen LogP contribution in [0.4, 0.5) is 5.69 Å². The number of hydrogen-bond donors (Lipinski definition) is 1. The van der Waals surface area contributed by atoms with Crippen LogP contribution in [0.2, 0.25) is 5.02 Å². The van der Waals surface area contributed by atoms with Crippen molar-refractivity contribution in [3.05, 3.63) is 96.9 Å². The third-order valence-corrected chi connectivity index (χ3v) is 5.57. The minimum Gasteiger partial charge on any atom is -0.487 e. The van der Waals surface area contributed by atoms with E-state index in [2.05, 4.69) is 37.2 Å². The lowest BCUT2D eigenvalue weighted by Gasteiger charge is -2.13. The van der Waals surface area contributed by atoms with Gasteiger partial charge in [0.15, 0.2) is 0 Å². The number of carbonyl (C=O) groups excluding carboxylic acids is 1. The van der Waals surface area contributed by atoms with Crippen molar-refractivity contribution in [2.75, 3.05) is 5.32 Å². The number of rotatable bonds is 6. The highest BCUT2D eigenvalue weighted by atomic mass is 79.9. The Balaban J connectivity index is 1.88.